The molecule has 0 saturated heterocycles. The van der Waals surface area contributed by atoms with Crippen LogP contribution in [0.1, 0.15) is 30.8 Å². The van der Waals surface area contributed by atoms with Gasteiger partial charge in [-0.2, -0.15) is 0 Å². The van der Waals surface area contributed by atoms with Gasteiger partial charge in [-0.05, 0) is 24.5 Å². The lowest BCUT2D eigenvalue weighted by molar-refractivity contribution is -0.121. The molecule has 0 spiro atoms. The number of nitrogens with zero attached hydrogens (tertiary/aromatic N) is 1. The van der Waals surface area contributed by atoms with Crippen LogP contribution in [0.5, 0.6) is 0 Å². The first-order valence-corrected chi connectivity index (χ1v) is 5.50. The molecule has 4 heteroatoms. The summed E-state index contributed by atoms with van der Waals surface area (Å²) < 4.78 is 1.64. The van der Waals surface area contributed by atoms with Gasteiger partial charge in [0.2, 0.25) is 5.91 Å². The van der Waals surface area contributed by atoms with Crippen molar-refractivity contribution in [1.29, 1.82) is 0 Å². The van der Waals surface area contributed by atoms with Crippen molar-refractivity contribution in [3.63, 3.8) is 0 Å². The van der Waals surface area contributed by atoms with Gasteiger partial charge in [0.15, 0.2) is 6.29 Å². The van der Waals surface area contributed by atoms with E-state index in [1.807, 2.05) is 0 Å². The number of hydrogen-bond donors (Lipinski definition) is 1. The molecule has 0 atom stereocenters. The zero-order valence-corrected chi connectivity index (χ0v) is 9.77. The maximum absolute atomic E-state index is 11.5. The summed E-state index contributed by atoms with van der Waals surface area (Å²) in [4.78, 5) is 22.1. The van der Waals surface area contributed by atoms with Gasteiger partial charge in [-0.15, -0.1) is 0 Å². The van der Waals surface area contributed by atoms with E-state index in [4.69, 9.17) is 0 Å². The van der Waals surface area contributed by atoms with Crippen LogP contribution in [0.25, 0.3) is 0 Å². The Hall–Kier alpha value is -1.58. The molecule has 0 aliphatic carbocycles. The third kappa shape index (κ3) is 3.88. The predicted octanol–water partition coefficient (Wildman–Crippen LogP) is 1.46. The maximum atomic E-state index is 11.5. The Labute approximate surface area is 95.6 Å². The predicted molar refractivity (Wildman–Crippen MR) is 62.3 cm³/mol. The second-order valence-corrected chi connectivity index (χ2v) is 4.21. The van der Waals surface area contributed by atoms with Crippen LogP contribution in [0, 0.1) is 5.92 Å². The molecule has 0 aliphatic rings. The van der Waals surface area contributed by atoms with E-state index in [1.165, 1.54) is 0 Å². The molecule has 1 rings (SSSR count). The van der Waals surface area contributed by atoms with Crippen molar-refractivity contribution in [3.8, 4) is 0 Å². The number of aromatic nitrogens is 1. The van der Waals surface area contributed by atoms with Crippen LogP contribution in [0.15, 0.2) is 18.3 Å². The van der Waals surface area contributed by atoms with E-state index in [2.05, 4.69) is 19.2 Å². The average molecular weight is 222 g/mol. The van der Waals surface area contributed by atoms with Gasteiger partial charge in [0, 0.05) is 12.7 Å². The molecule has 1 aromatic heterocycles. The normalized spacial score (nSPS) is 10.4. The molecule has 88 valence electrons. The van der Waals surface area contributed by atoms with Crippen molar-refractivity contribution >= 4 is 12.2 Å². The summed E-state index contributed by atoms with van der Waals surface area (Å²) in [5, 5.41) is 2.83. The third-order valence-corrected chi connectivity index (χ3v) is 2.34. The molecule has 0 aliphatic heterocycles. The molecule has 0 aromatic carbocycles. The highest BCUT2D eigenvalue weighted by Crippen LogP contribution is 1.99. The van der Waals surface area contributed by atoms with Gasteiger partial charge in [0.25, 0.3) is 0 Å². The smallest absolute Gasteiger partial charge is 0.239 e. The fraction of sp³-hybridized carbons (Fsp3) is 0.500. The van der Waals surface area contributed by atoms with Crippen molar-refractivity contribution in [1.82, 2.24) is 9.88 Å². The lowest BCUT2D eigenvalue weighted by Crippen LogP contribution is -2.29. The van der Waals surface area contributed by atoms with Crippen LogP contribution < -0.4 is 5.32 Å². The van der Waals surface area contributed by atoms with Crippen LogP contribution in [-0.4, -0.2) is 23.3 Å². The van der Waals surface area contributed by atoms with Gasteiger partial charge in [0.1, 0.15) is 6.54 Å². The second-order valence-electron chi connectivity index (χ2n) is 4.21. The monoisotopic (exact) mass is 222 g/mol. The van der Waals surface area contributed by atoms with Gasteiger partial charge in [-0.1, -0.05) is 13.8 Å². The summed E-state index contributed by atoms with van der Waals surface area (Å²) in [5.74, 6) is 0.525. The maximum Gasteiger partial charge on any atom is 0.239 e. The van der Waals surface area contributed by atoms with Crippen molar-refractivity contribution in [2.45, 2.75) is 26.8 Å². The van der Waals surface area contributed by atoms with E-state index >= 15 is 0 Å². The molecule has 1 aromatic rings. The Morgan fingerprint density at radius 2 is 2.31 bits per heavy atom. The summed E-state index contributed by atoms with van der Waals surface area (Å²) in [5.41, 5.74) is 0.527. The van der Waals surface area contributed by atoms with E-state index in [0.29, 0.717) is 18.2 Å². The van der Waals surface area contributed by atoms with Crippen LogP contribution in [0.2, 0.25) is 0 Å². The fourth-order valence-corrected chi connectivity index (χ4v) is 1.39. The first-order valence-electron chi connectivity index (χ1n) is 5.50. The van der Waals surface area contributed by atoms with Crippen LogP contribution in [-0.2, 0) is 11.3 Å². The Bertz CT molecular complexity index is 356. The lowest BCUT2D eigenvalue weighted by atomic mass is 10.1. The van der Waals surface area contributed by atoms with E-state index in [1.54, 1.807) is 22.9 Å². The Morgan fingerprint density at radius 3 is 2.94 bits per heavy atom. The average Bonchev–Trinajstić information content (AvgIpc) is 2.64. The third-order valence-electron chi connectivity index (χ3n) is 2.34. The molecule has 4 nitrogen and oxygen atoms in total. The highest BCUT2D eigenvalue weighted by Gasteiger charge is 2.05. The molecular formula is C12H18N2O2. The molecule has 1 amide bonds. The minimum absolute atomic E-state index is 0.0556. The summed E-state index contributed by atoms with van der Waals surface area (Å²) in [6.07, 6.45) is 3.45. The molecule has 0 radical (unpaired) electrons. The van der Waals surface area contributed by atoms with Crippen LogP contribution >= 0.6 is 0 Å². The summed E-state index contributed by atoms with van der Waals surface area (Å²) in [6.45, 7) is 5.12. The number of nitrogens with one attached hydrogen (secondary N) is 1. The van der Waals surface area contributed by atoms with E-state index in [0.717, 1.165) is 12.7 Å². The molecule has 16 heavy (non-hydrogen) atoms. The Balaban J connectivity index is 2.37. The first-order chi connectivity index (χ1) is 7.63. The van der Waals surface area contributed by atoms with Crippen molar-refractivity contribution in [3.05, 3.63) is 24.0 Å². The number of carbonyl (C=O) groups excluding carboxylic acids is 2. The van der Waals surface area contributed by atoms with Gasteiger partial charge < -0.3 is 9.88 Å². The minimum Gasteiger partial charge on any atom is -0.355 e. The molecule has 1 heterocycles. The SMILES string of the molecule is CC(C)CCNC(=O)Cn1cccc1C=O. The van der Waals surface area contributed by atoms with Gasteiger partial charge >= 0.3 is 0 Å². The van der Waals surface area contributed by atoms with Crippen LogP contribution in [0.4, 0.5) is 0 Å². The number of rotatable bonds is 6. The highest BCUT2D eigenvalue weighted by molar-refractivity contribution is 5.78. The molecule has 0 saturated carbocycles. The molecular weight excluding hydrogens is 204 g/mol. The standard InChI is InChI=1S/C12H18N2O2/c1-10(2)5-6-13-12(16)8-14-7-3-4-11(14)9-15/h3-4,7,9-10H,5-6,8H2,1-2H3,(H,13,16). The zero-order chi connectivity index (χ0) is 12.0. The van der Waals surface area contributed by atoms with Crippen LogP contribution in [0.3, 0.4) is 0 Å². The number of carbonyl (C=O) groups is 2. The largest absolute Gasteiger partial charge is 0.355 e. The van der Waals surface area contributed by atoms with E-state index < -0.39 is 0 Å². The molecule has 1 N–H and O–H groups in total. The van der Waals surface area contributed by atoms with Gasteiger partial charge in [0.05, 0.1) is 5.69 Å². The van der Waals surface area contributed by atoms with Crippen molar-refractivity contribution in [2.75, 3.05) is 6.54 Å². The Kier molecular flexibility index (Phi) is 4.76. The Morgan fingerprint density at radius 1 is 1.56 bits per heavy atom. The zero-order valence-electron chi connectivity index (χ0n) is 9.77. The minimum atomic E-state index is -0.0556. The van der Waals surface area contributed by atoms with E-state index in [-0.39, 0.29) is 12.5 Å². The van der Waals surface area contributed by atoms with Gasteiger partial charge in [-0.25, -0.2) is 0 Å². The fourth-order valence-electron chi connectivity index (χ4n) is 1.39. The second kappa shape index (κ2) is 6.10. The number of amides is 1. The van der Waals surface area contributed by atoms with E-state index in [9.17, 15) is 9.59 Å². The first kappa shape index (κ1) is 12.5. The number of hydrogen-bond acceptors (Lipinski definition) is 2. The summed E-state index contributed by atoms with van der Waals surface area (Å²) in [7, 11) is 0. The van der Waals surface area contributed by atoms with Crippen molar-refractivity contribution < 1.29 is 9.59 Å². The molecule has 0 unspecified atom stereocenters. The highest BCUT2D eigenvalue weighted by atomic mass is 16.2. The number of aldehydes is 1. The van der Waals surface area contributed by atoms with Gasteiger partial charge in [-0.3, -0.25) is 9.59 Å². The lowest BCUT2D eigenvalue weighted by Gasteiger charge is -2.08. The summed E-state index contributed by atoms with van der Waals surface area (Å²) >= 11 is 0. The van der Waals surface area contributed by atoms with Crippen molar-refractivity contribution in [2.24, 2.45) is 5.92 Å². The molecule has 0 fully saturated rings. The topological polar surface area (TPSA) is 51.1 Å². The molecule has 0 bridgehead atoms. The quantitative estimate of drug-likeness (QED) is 0.741. The summed E-state index contributed by atoms with van der Waals surface area (Å²) in [6, 6.07) is 3.44.